The van der Waals surface area contributed by atoms with Gasteiger partial charge in [0, 0.05) is 6.04 Å². The van der Waals surface area contributed by atoms with Crippen molar-refractivity contribution in [3.8, 4) is 0 Å². The smallest absolute Gasteiger partial charge is 0.314 e. The standard InChI is InChI=1S/C6H11N3O2/c1-3(2)9-5(10)4(7)8-6(9)11/h3-4H,7H2,1-2H3,(H,8,11). The lowest BCUT2D eigenvalue weighted by Crippen LogP contribution is -2.39. The summed E-state index contributed by atoms with van der Waals surface area (Å²) in [5, 5.41) is 2.31. The van der Waals surface area contributed by atoms with Crippen LogP contribution in [0.5, 0.6) is 0 Å². The molecule has 5 nitrogen and oxygen atoms in total. The van der Waals surface area contributed by atoms with E-state index in [-0.39, 0.29) is 11.9 Å². The molecule has 5 heteroatoms. The number of rotatable bonds is 1. The van der Waals surface area contributed by atoms with Crippen LogP contribution in [0.1, 0.15) is 13.8 Å². The van der Waals surface area contributed by atoms with Crippen molar-refractivity contribution in [1.29, 1.82) is 0 Å². The summed E-state index contributed by atoms with van der Waals surface area (Å²) in [7, 11) is 0. The maximum absolute atomic E-state index is 11.1. The molecule has 0 aromatic heterocycles. The predicted molar refractivity (Wildman–Crippen MR) is 38.5 cm³/mol. The highest BCUT2D eigenvalue weighted by molar-refractivity contribution is 6.04. The predicted octanol–water partition coefficient (Wildman–Crippen LogP) is -0.769. The Labute approximate surface area is 64.5 Å². The summed E-state index contributed by atoms with van der Waals surface area (Å²) < 4.78 is 0. The third-order valence-electron chi connectivity index (χ3n) is 1.52. The number of nitrogens with two attached hydrogens (primary N) is 1. The number of carbonyl (C=O) groups is 2. The van der Waals surface area contributed by atoms with Gasteiger partial charge in [-0.3, -0.25) is 9.69 Å². The van der Waals surface area contributed by atoms with Gasteiger partial charge in [-0.2, -0.15) is 0 Å². The molecule has 0 aromatic carbocycles. The summed E-state index contributed by atoms with van der Waals surface area (Å²) in [5.41, 5.74) is 5.27. The molecule has 1 heterocycles. The number of urea groups is 1. The van der Waals surface area contributed by atoms with E-state index in [9.17, 15) is 9.59 Å². The van der Waals surface area contributed by atoms with Gasteiger partial charge >= 0.3 is 6.03 Å². The Morgan fingerprint density at radius 1 is 1.55 bits per heavy atom. The second kappa shape index (κ2) is 2.50. The highest BCUT2D eigenvalue weighted by Gasteiger charge is 2.36. The molecular formula is C6H11N3O2. The van der Waals surface area contributed by atoms with E-state index in [0.29, 0.717) is 0 Å². The number of hydrogen-bond donors (Lipinski definition) is 2. The fourth-order valence-electron chi connectivity index (χ4n) is 1.00. The highest BCUT2D eigenvalue weighted by atomic mass is 16.2. The number of hydrogen-bond acceptors (Lipinski definition) is 3. The van der Waals surface area contributed by atoms with Crippen LogP contribution in [-0.4, -0.2) is 29.0 Å². The fourth-order valence-corrected chi connectivity index (χ4v) is 1.00. The summed E-state index contributed by atoms with van der Waals surface area (Å²) in [6.45, 7) is 3.52. The van der Waals surface area contributed by atoms with Gasteiger partial charge in [-0.25, -0.2) is 4.79 Å². The van der Waals surface area contributed by atoms with Crippen molar-refractivity contribution in [2.75, 3.05) is 0 Å². The van der Waals surface area contributed by atoms with E-state index in [4.69, 9.17) is 5.73 Å². The molecule has 1 aliphatic rings. The van der Waals surface area contributed by atoms with E-state index in [0.717, 1.165) is 4.90 Å². The van der Waals surface area contributed by atoms with Crippen LogP contribution in [0.4, 0.5) is 4.79 Å². The molecule has 1 aliphatic heterocycles. The van der Waals surface area contributed by atoms with Crippen LogP contribution in [-0.2, 0) is 4.79 Å². The number of amides is 3. The van der Waals surface area contributed by atoms with E-state index in [1.54, 1.807) is 13.8 Å². The van der Waals surface area contributed by atoms with Gasteiger partial charge in [-0.05, 0) is 13.8 Å². The summed E-state index contributed by atoms with van der Waals surface area (Å²) in [5.74, 6) is -0.356. The van der Waals surface area contributed by atoms with Crippen LogP contribution in [0.2, 0.25) is 0 Å². The van der Waals surface area contributed by atoms with Crippen LogP contribution >= 0.6 is 0 Å². The Hall–Kier alpha value is -1.10. The minimum Gasteiger partial charge on any atom is -0.314 e. The van der Waals surface area contributed by atoms with Gasteiger partial charge < -0.3 is 11.1 Å². The molecule has 0 bridgehead atoms. The molecule has 3 amide bonds. The zero-order valence-corrected chi connectivity index (χ0v) is 6.50. The Bertz CT molecular complexity index is 202. The number of nitrogens with zero attached hydrogens (tertiary/aromatic N) is 1. The second-order valence-electron chi connectivity index (χ2n) is 2.73. The molecule has 11 heavy (non-hydrogen) atoms. The molecule has 1 fully saturated rings. The lowest BCUT2D eigenvalue weighted by molar-refractivity contribution is -0.128. The van der Waals surface area contributed by atoms with Crippen molar-refractivity contribution < 1.29 is 9.59 Å². The number of imide groups is 1. The van der Waals surface area contributed by atoms with Gasteiger partial charge in [0.15, 0.2) is 6.17 Å². The molecule has 3 N–H and O–H groups in total. The van der Waals surface area contributed by atoms with Crippen molar-refractivity contribution >= 4 is 11.9 Å². The Morgan fingerprint density at radius 2 is 2.09 bits per heavy atom. The Morgan fingerprint density at radius 3 is 2.27 bits per heavy atom. The van der Waals surface area contributed by atoms with Crippen molar-refractivity contribution in [2.45, 2.75) is 26.1 Å². The Kier molecular flexibility index (Phi) is 1.82. The van der Waals surface area contributed by atoms with E-state index >= 15 is 0 Å². The molecule has 1 rings (SSSR count). The van der Waals surface area contributed by atoms with E-state index in [2.05, 4.69) is 5.32 Å². The molecule has 62 valence electrons. The van der Waals surface area contributed by atoms with E-state index < -0.39 is 12.2 Å². The molecule has 1 unspecified atom stereocenters. The monoisotopic (exact) mass is 157 g/mol. The molecule has 0 saturated carbocycles. The highest BCUT2D eigenvalue weighted by Crippen LogP contribution is 2.06. The van der Waals surface area contributed by atoms with Crippen LogP contribution in [0.15, 0.2) is 0 Å². The first-order valence-corrected chi connectivity index (χ1v) is 3.43. The van der Waals surface area contributed by atoms with Crippen LogP contribution in [0.3, 0.4) is 0 Å². The third kappa shape index (κ3) is 1.19. The molecule has 1 saturated heterocycles. The molecular weight excluding hydrogens is 146 g/mol. The van der Waals surface area contributed by atoms with Gasteiger partial charge in [0.25, 0.3) is 5.91 Å². The normalized spacial score (nSPS) is 24.7. The Balaban J connectivity index is 2.80. The third-order valence-corrected chi connectivity index (χ3v) is 1.52. The molecule has 0 radical (unpaired) electrons. The average molecular weight is 157 g/mol. The van der Waals surface area contributed by atoms with E-state index in [1.807, 2.05) is 0 Å². The first-order chi connectivity index (χ1) is 5.04. The molecule has 0 aromatic rings. The van der Waals surface area contributed by atoms with Gasteiger partial charge in [0.05, 0.1) is 0 Å². The molecule has 0 aliphatic carbocycles. The minimum absolute atomic E-state index is 0.129. The maximum atomic E-state index is 11.1. The van der Waals surface area contributed by atoms with Crippen molar-refractivity contribution in [1.82, 2.24) is 10.2 Å². The summed E-state index contributed by atoms with van der Waals surface area (Å²) in [6.07, 6.45) is -0.857. The maximum Gasteiger partial charge on any atom is 0.326 e. The van der Waals surface area contributed by atoms with Crippen molar-refractivity contribution in [3.05, 3.63) is 0 Å². The van der Waals surface area contributed by atoms with Crippen LogP contribution < -0.4 is 11.1 Å². The SMILES string of the molecule is CC(C)N1C(=O)NC(N)C1=O. The van der Waals surface area contributed by atoms with Gasteiger partial charge in [-0.1, -0.05) is 0 Å². The minimum atomic E-state index is -0.857. The molecule has 0 spiro atoms. The number of carbonyl (C=O) groups excluding carboxylic acids is 2. The zero-order chi connectivity index (χ0) is 8.59. The number of nitrogens with one attached hydrogen (secondary N) is 1. The molecule has 1 atom stereocenters. The topological polar surface area (TPSA) is 75.4 Å². The summed E-state index contributed by atoms with van der Waals surface area (Å²) in [6, 6.07) is -0.534. The summed E-state index contributed by atoms with van der Waals surface area (Å²) >= 11 is 0. The van der Waals surface area contributed by atoms with Gasteiger partial charge in [0.2, 0.25) is 0 Å². The van der Waals surface area contributed by atoms with E-state index in [1.165, 1.54) is 0 Å². The van der Waals surface area contributed by atoms with Crippen LogP contribution in [0.25, 0.3) is 0 Å². The lowest BCUT2D eigenvalue weighted by Gasteiger charge is -2.15. The second-order valence-corrected chi connectivity index (χ2v) is 2.73. The fraction of sp³-hybridized carbons (Fsp3) is 0.667. The van der Waals surface area contributed by atoms with Crippen molar-refractivity contribution in [3.63, 3.8) is 0 Å². The van der Waals surface area contributed by atoms with Gasteiger partial charge in [-0.15, -0.1) is 0 Å². The van der Waals surface area contributed by atoms with Crippen molar-refractivity contribution in [2.24, 2.45) is 5.73 Å². The first kappa shape index (κ1) is 8.00. The zero-order valence-electron chi connectivity index (χ0n) is 6.50. The summed E-state index contributed by atoms with van der Waals surface area (Å²) in [4.78, 5) is 23.1. The van der Waals surface area contributed by atoms with Crippen LogP contribution in [0, 0.1) is 0 Å². The lowest BCUT2D eigenvalue weighted by atomic mass is 10.3. The van der Waals surface area contributed by atoms with Gasteiger partial charge in [0.1, 0.15) is 0 Å². The average Bonchev–Trinajstić information content (AvgIpc) is 2.07. The largest absolute Gasteiger partial charge is 0.326 e. The quantitative estimate of drug-likeness (QED) is 0.491. The first-order valence-electron chi connectivity index (χ1n) is 3.43.